The van der Waals surface area contributed by atoms with E-state index >= 15 is 0 Å². The number of carbonyl (C=O) groups excluding carboxylic acids is 1. The highest BCUT2D eigenvalue weighted by atomic mass is 16.5. The first kappa shape index (κ1) is 18.2. The van der Waals surface area contributed by atoms with E-state index < -0.39 is 0 Å². The Labute approximate surface area is 164 Å². The average molecular weight is 377 g/mol. The number of nitrogens with zero attached hydrogens (tertiary/aromatic N) is 3. The highest BCUT2D eigenvalue weighted by molar-refractivity contribution is 5.79. The van der Waals surface area contributed by atoms with E-state index in [9.17, 15) is 4.79 Å². The van der Waals surface area contributed by atoms with Gasteiger partial charge in [-0.2, -0.15) is 4.98 Å². The maximum absolute atomic E-state index is 12.5. The van der Waals surface area contributed by atoms with Crippen LogP contribution >= 0.6 is 0 Å². The molecule has 144 valence electrons. The largest absolute Gasteiger partial charge is 0.497 e. The van der Waals surface area contributed by atoms with Crippen molar-refractivity contribution in [2.45, 2.75) is 39.3 Å². The van der Waals surface area contributed by atoms with Crippen molar-refractivity contribution in [1.82, 2.24) is 15.0 Å². The van der Waals surface area contributed by atoms with Crippen LogP contribution in [0.15, 0.2) is 47.0 Å². The van der Waals surface area contributed by atoms with Crippen LogP contribution in [0.1, 0.15) is 41.5 Å². The average Bonchev–Trinajstić information content (AvgIpc) is 3.29. The van der Waals surface area contributed by atoms with Crippen molar-refractivity contribution in [2.24, 2.45) is 0 Å². The van der Waals surface area contributed by atoms with Crippen molar-refractivity contribution in [3.05, 3.63) is 65.0 Å². The zero-order chi connectivity index (χ0) is 19.7. The lowest BCUT2D eigenvalue weighted by Crippen LogP contribution is -2.27. The molecule has 1 aliphatic heterocycles. The van der Waals surface area contributed by atoms with Crippen LogP contribution in [-0.4, -0.2) is 28.1 Å². The number of amides is 1. The molecule has 3 aromatic rings. The minimum Gasteiger partial charge on any atom is -0.497 e. The summed E-state index contributed by atoms with van der Waals surface area (Å²) >= 11 is 0. The molecule has 1 aromatic heterocycles. The van der Waals surface area contributed by atoms with Crippen LogP contribution in [0.5, 0.6) is 5.75 Å². The topological polar surface area (TPSA) is 68.5 Å². The third kappa shape index (κ3) is 3.50. The first-order valence-electron chi connectivity index (χ1n) is 9.39. The molecule has 28 heavy (non-hydrogen) atoms. The minimum absolute atomic E-state index is 0.0964. The van der Waals surface area contributed by atoms with Crippen molar-refractivity contribution in [1.29, 1.82) is 0 Å². The fourth-order valence-corrected chi connectivity index (χ4v) is 3.70. The lowest BCUT2D eigenvalue weighted by molar-refractivity contribution is -0.130. The Bertz CT molecular complexity index is 1010. The Morgan fingerprint density at radius 2 is 2.07 bits per heavy atom. The second-order valence-corrected chi connectivity index (χ2v) is 7.20. The summed E-state index contributed by atoms with van der Waals surface area (Å²) in [6.07, 6.45) is 1.16. The van der Waals surface area contributed by atoms with E-state index in [1.807, 2.05) is 48.2 Å². The Balaban J connectivity index is 1.59. The molecule has 0 spiro atoms. The second kappa shape index (κ2) is 7.46. The van der Waals surface area contributed by atoms with Crippen LogP contribution < -0.4 is 4.74 Å². The highest BCUT2D eigenvalue weighted by Gasteiger charge is 2.36. The predicted octanol–water partition coefficient (Wildman–Crippen LogP) is 4.23. The first-order valence-corrected chi connectivity index (χ1v) is 9.39. The number of aryl methyl sites for hydroxylation is 2. The number of benzene rings is 2. The summed E-state index contributed by atoms with van der Waals surface area (Å²) in [5.74, 6) is 1.92. The van der Waals surface area contributed by atoms with E-state index in [0.717, 1.165) is 22.4 Å². The molecule has 4 rings (SSSR count). The summed E-state index contributed by atoms with van der Waals surface area (Å²) in [5.41, 5.74) is 4.25. The fraction of sp³-hybridized carbons (Fsp3) is 0.318. The number of hydrogen-bond acceptors (Lipinski definition) is 5. The predicted molar refractivity (Wildman–Crippen MR) is 105 cm³/mol. The van der Waals surface area contributed by atoms with Gasteiger partial charge in [-0.25, -0.2) is 0 Å². The molecule has 1 unspecified atom stereocenters. The Kier molecular flexibility index (Phi) is 4.86. The Morgan fingerprint density at radius 1 is 1.21 bits per heavy atom. The van der Waals surface area contributed by atoms with Gasteiger partial charge in [-0.3, -0.25) is 4.79 Å². The van der Waals surface area contributed by atoms with Gasteiger partial charge in [0.1, 0.15) is 11.8 Å². The first-order chi connectivity index (χ1) is 13.5. The summed E-state index contributed by atoms with van der Waals surface area (Å²) in [6.45, 7) is 4.58. The zero-order valence-electron chi connectivity index (χ0n) is 16.3. The van der Waals surface area contributed by atoms with Crippen LogP contribution in [0, 0.1) is 13.8 Å². The molecule has 6 heteroatoms. The zero-order valence-corrected chi connectivity index (χ0v) is 16.3. The molecule has 0 radical (unpaired) electrons. The van der Waals surface area contributed by atoms with E-state index in [1.165, 1.54) is 5.56 Å². The summed E-state index contributed by atoms with van der Waals surface area (Å²) < 4.78 is 10.9. The number of hydrogen-bond donors (Lipinski definition) is 0. The van der Waals surface area contributed by atoms with E-state index in [4.69, 9.17) is 9.26 Å². The van der Waals surface area contributed by atoms with E-state index in [0.29, 0.717) is 31.1 Å². The molecule has 2 aromatic carbocycles. The molecule has 0 aliphatic carbocycles. The Hall–Kier alpha value is -3.15. The van der Waals surface area contributed by atoms with Crippen LogP contribution in [0.25, 0.3) is 11.4 Å². The summed E-state index contributed by atoms with van der Waals surface area (Å²) in [5, 5.41) is 4.17. The maximum atomic E-state index is 12.5. The van der Waals surface area contributed by atoms with Crippen molar-refractivity contribution in [3.63, 3.8) is 0 Å². The lowest BCUT2D eigenvalue weighted by Gasteiger charge is -2.22. The number of carbonyl (C=O) groups is 1. The number of methoxy groups -OCH3 is 1. The van der Waals surface area contributed by atoms with Gasteiger partial charge < -0.3 is 14.2 Å². The lowest BCUT2D eigenvalue weighted by atomic mass is 10.1. The van der Waals surface area contributed by atoms with Crippen molar-refractivity contribution in [3.8, 4) is 17.1 Å². The van der Waals surface area contributed by atoms with Crippen LogP contribution in [0.2, 0.25) is 0 Å². The van der Waals surface area contributed by atoms with Crippen molar-refractivity contribution in [2.75, 3.05) is 7.11 Å². The smallest absolute Gasteiger partial charge is 0.249 e. The SMILES string of the molecule is COc1cccc(CN2C(=O)CCC2c2nc(-c3ccc(C)cc3C)no2)c1. The third-order valence-corrected chi connectivity index (χ3v) is 5.16. The van der Waals surface area contributed by atoms with Crippen LogP contribution in [-0.2, 0) is 11.3 Å². The van der Waals surface area contributed by atoms with E-state index in [2.05, 4.69) is 23.1 Å². The summed E-state index contributed by atoms with van der Waals surface area (Å²) in [6, 6.07) is 13.7. The molecule has 1 atom stereocenters. The number of rotatable bonds is 5. The molecular weight excluding hydrogens is 354 g/mol. The second-order valence-electron chi connectivity index (χ2n) is 7.20. The number of likely N-dealkylation sites (tertiary alicyclic amines) is 1. The summed E-state index contributed by atoms with van der Waals surface area (Å²) in [4.78, 5) is 18.9. The molecule has 0 bridgehead atoms. The van der Waals surface area contributed by atoms with Gasteiger partial charge in [-0.15, -0.1) is 0 Å². The number of ether oxygens (including phenoxy) is 1. The molecule has 1 fully saturated rings. The van der Waals surface area contributed by atoms with E-state index in [1.54, 1.807) is 7.11 Å². The van der Waals surface area contributed by atoms with Gasteiger partial charge in [0.15, 0.2) is 0 Å². The normalized spacial score (nSPS) is 16.6. The molecule has 1 amide bonds. The highest BCUT2D eigenvalue weighted by Crippen LogP contribution is 2.34. The van der Waals surface area contributed by atoms with E-state index in [-0.39, 0.29) is 11.9 Å². The quantitative estimate of drug-likeness (QED) is 0.666. The van der Waals surface area contributed by atoms with Gasteiger partial charge in [0, 0.05) is 18.5 Å². The van der Waals surface area contributed by atoms with Crippen molar-refractivity contribution < 1.29 is 14.1 Å². The van der Waals surface area contributed by atoms with Gasteiger partial charge in [-0.05, 0) is 43.5 Å². The molecule has 1 saturated heterocycles. The molecule has 2 heterocycles. The minimum atomic E-state index is -0.203. The molecular formula is C22H23N3O3. The molecule has 1 aliphatic rings. The van der Waals surface area contributed by atoms with Crippen molar-refractivity contribution >= 4 is 5.91 Å². The number of aromatic nitrogens is 2. The standard InChI is InChI=1S/C22H23N3O3/c1-14-7-8-18(15(2)11-14)21-23-22(28-24-21)19-9-10-20(26)25(19)13-16-5-4-6-17(12-16)27-3/h4-8,11-12,19H,9-10,13H2,1-3H3. The molecule has 0 saturated carbocycles. The van der Waals surface area contributed by atoms with Gasteiger partial charge in [0.25, 0.3) is 0 Å². The molecule has 0 N–H and O–H groups in total. The third-order valence-electron chi connectivity index (χ3n) is 5.16. The maximum Gasteiger partial charge on any atom is 0.249 e. The van der Waals surface area contributed by atoms with Gasteiger partial charge >= 0.3 is 0 Å². The van der Waals surface area contributed by atoms with Crippen LogP contribution in [0.4, 0.5) is 0 Å². The Morgan fingerprint density at radius 3 is 2.86 bits per heavy atom. The van der Waals surface area contributed by atoms with Gasteiger partial charge in [0.05, 0.1) is 7.11 Å². The molecule has 6 nitrogen and oxygen atoms in total. The fourth-order valence-electron chi connectivity index (χ4n) is 3.70. The monoisotopic (exact) mass is 377 g/mol. The van der Waals surface area contributed by atoms with Crippen LogP contribution in [0.3, 0.4) is 0 Å². The summed E-state index contributed by atoms with van der Waals surface area (Å²) in [7, 11) is 1.63. The van der Waals surface area contributed by atoms with Gasteiger partial charge in [-0.1, -0.05) is 41.1 Å². The van der Waals surface area contributed by atoms with Gasteiger partial charge in [0.2, 0.25) is 17.6 Å².